The Hall–Kier alpha value is -5.60. The van der Waals surface area contributed by atoms with E-state index >= 15 is 0 Å². The van der Waals surface area contributed by atoms with Crippen molar-refractivity contribution in [3.05, 3.63) is 147 Å². The number of hydrogen-bond acceptors (Lipinski definition) is 8. The van der Waals surface area contributed by atoms with Crippen LogP contribution in [-0.2, 0) is 27.2 Å². The number of anilines is 1. The van der Waals surface area contributed by atoms with Gasteiger partial charge >= 0.3 is 0 Å². The summed E-state index contributed by atoms with van der Waals surface area (Å²) in [7, 11) is 3.86. The zero-order valence-corrected chi connectivity index (χ0v) is 36.2. The molecule has 0 saturated heterocycles. The first-order valence-electron chi connectivity index (χ1n) is 19.3. The van der Waals surface area contributed by atoms with Gasteiger partial charge < -0.3 is 11.1 Å². The van der Waals surface area contributed by atoms with E-state index < -0.39 is 0 Å². The van der Waals surface area contributed by atoms with E-state index in [-0.39, 0.29) is 12.1 Å². The van der Waals surface area contributed by atoms with Gasteiger partial charge in [0.1, 0.15) is 0 Å². The zero-order chi connectivity index (χ0) is 41.2. The number of hydrogen-bond donors (Lipinski definition) is 2. The number of aromatic nitrogens is 10. The van der Waals surface area contributed by atoms with E-state index in [1.165, 1.54) is 11.1 Å². The van der Waals surface area contributed by atoms with Crippen molar-refractivity contribution in [2.75, 3.05) is 5.32 Å². The molecule has 3 N–H and O–H groups in total. The van der Waals surface area contributed by atoms with Crippen molar-refractivity contribution < 1.29 is 0 Å². The lowest BCUT2D eigenvalue weighted by Gasteiger charge is -2.21. The molecule has 12 nitrogen and oxygen atoms in total. The molecule has 0 fully saturated rings. The molecule has 4 aromatic heterocycles. The molecule has 6 heterocycles. The van der Waals surface area contributed by atoms with Crippen molar-refractivity contribution in [1.29, 1.82) is 0 Å². The molecule has 300 valence electrons. The summed E-state index contributed by atoms with van der Waals surface area (Å²) >= 11 is 14.9. The average Bonchev–Trinajstić information content (AvgIpc) is 4.01. The molecule has 0 bridgehead atoms. The summed E-state index contributed by atoms with van der Waals surface area (Å²) < 4.78 is 8.67. The van der Waals surface area contributed by atoms with Crippen molar-refractivity contribution in [3.8, 4) is 44.8 Å². The van der Waals surface area contributed by atoms with Crippen molar-refractivity contribution in [2.24, 2.45) is 19.8 Å². The van der Waals surface area contributed by atoms with E-state index in [1.54, 1.807) is 0 Å². The van der Waals surface area contributed by atoms with Crippen LogP contribution in [-0.4, -0.2) is 49.5 Å². The maximum atomic E-state index is 6.40. The standard InChI is InChI=1S/C22H21ClN6.C16H18N6.C6H4BrCl/c1-14-22-19-8-3-15(16-12-24-28(2)13-16)11-20(19)21(9-10-29(22)27-26-14)25-18-6-4-17(23)5-7-18;1-10-16-13-4-3-11(12-8-18-21(2)9-12)7-14(13)15(17)5-6-22(16)20-19-10;7-5-1-3-6(8)4-2-5/h3-8,11-13,21,25H,9-10H2,1-2H3;3-4,7-9,15H,5-6,17H2,1-2H3;1-4H/t21-;15-;/m11./s1. The number of nitrogens with zero attached hydrogens (tertiary/aromatic N) is 10. The lowest BCUT2D eigenvalue weighted by molar-refractivity contribution is 0.524. The predicted octanol–water partition coefficient (Wildman–Crippen LogP) is 10.0. The van der Waals surface area contributed by atoms with Crippen molar-refractivity contribution in [1.82, 2.24) is 49.5 Å². The SMILES string of the molecule is Cc1nnn2c1-c1ccc(-c3cnn(C)c3)cc1[C@H](N)CC2.Cc1nnn2c1-c1ccc(-c3cnn(C)c3)cc1[C@H](Nc1ccc(Cl)cc1)CC2.Clc1ccc(Br)cc1. The van der Waals surface area contributed by atoms with Crippen molar-refractivity contribution in [3.63, 3.8) is 0 Å². The van der Waals surface area contributed by atoms with E-state index in [0.29, 0.717) is 0 Å². The molecule has 0 radical (unpaired) electrons. The first kappa shape index (κ1) is 40.2. The first-order valence-corrected chi connectivity index (χ1v) is 20.8. The van der Waals surface area contributed by atoms with Crippen LogP contribution < -0.4 is 11.1 Å². The maximum Gasteiger partial charge on any atom is 0.0918 e. The molecule has 2 atom stereocenters. The van der Waals surface area contributed by atoms with Gasteiger partial charge in [0.25, 0.3) is 0 Å². The molecule has 0 unspecified atom stereocenters. The quantitative estimate of drug-likeness (QED) is 0.178. The number of benzene rings is 4. The summed E-state index contributed by atoms with van der Waals surface area (Å²) in [6, 6.07) is 28.5. The van der Waals surface area contributed by atoms with Gasteiger partial charge in [-0.25, -0.2) is 9.36 Å². The Morgan fingerprint density at radius 1 is 0.644 bits per heavy atom. The van der Waals surface area contributed by atoms with Crippen LogP contribution in [0, 0.1) is 13.8 Å². The normalized spacial score (nSPS) is 15.2. The highest BCUT2D eigenvalue weighted by atomic mass is 79.9. The van der Waals surface area contributed by atoms with Gasteiger partial charge in [0.05, 0.1) is 41.2 Å². The van der Waals surface area contributed by atoms with Crippen LogP contribution in [0.3, 0.4) is 0 Å². The molecule has 59 heavy (non-hydrogen) atoms. The van der Waals surface area contributed by atoms with Crippen LogP contribution in [0.5, 0.6) is 0 Å². The third kappa shape index (κ3) is 8.88. The molecule has 2 aliphatic heterocycles. The third-order valence-electron chi connectivity index (χ3n) is 10.5. The van der Waals surface area contributed by atoms with Crippen LogP contribution in [0.25, 0.3) is 44.8 Å². The Labute approximate surface area is 361 Å². The Kier molecular flexibility index (Phi) is 11.8. The molecular formula is C44H43BrCl2N12. The second-order valence-electron chi connectivity index (χ2n) is 14.7. The van der Waals surface area contributed by atoms with Crippen LogP contribution >= 0.6 is 39.1 Å². The summed E-state index contributed by atoms with van der Waals surface area (Å²) in [5.41, 5.74) is 20.7. The van der Waals surface area contributed by atoms with Gasteiger partial charge in [-0.1, -0.05) is 73.8 Å². The number of halogens is 3. The van der Waals surface area contributed by atoms with E-state index in [1.807, 2.05) is 120 Å². The molecule has 0 saturated carbocycles. The summed E-state index contributed by atoms with van der Waals surface area (Å²) in [4.78, 5) is 0. The minimum Gasteiger partial charge on any atom is -0.378 e. The Balaban J connectivity index is 0.000000142. The van der Waals surface area contributed by atoms with Gasteiger partial charge in [-0.2, -0.15) is 10.2 Å². The fourth-order valence-electron chi connectivity index (χ4n) is 7.58. The Morgan fingerprint density at radius 3 is 1.64 bits per heavy atom. The highest BCUT2D eigenvalue weighted by molar-refractivity contribution is 9.10. The smallest absolute Gasteiger partial charge is 0.0918 e. The van der Waals surface area contributed by atoms with Gasteiger partial charge in [0.2, 0.25) is 0 Å². The lowest BCUT2D eigenvalue weighted by atomic mass is 9.93. The van der Waals surface area contributed by atoms with Crippen molar-refractivity contribution in [2.45, 2.75) is 51.9 Å². The van der Waals surface area contributed by atoms with E-state index in [2.05, 4.69) is 88.5 Å². The molecule has 0 amide bonds. The topological polar surface area (TPSA) is 135 Å². The summed E-state index contributed by atoms with van der Waals surface area (Å²) in [6.45, 7) is 5.62. The number of aryl methyl sites for hydroxylation is 6. The second-order valence-corrected chi connectivity index (χ2v) is 16.5. The summed E-state index contributed by atoms with van der Waals surface area (Å²) in [6.07, 6.45) is 9.59. The highest BCUT2D eigenvalue weighted by Crippen LogP contribution is 2.40. The molecule has 10 rings (SSSR count). The monoisotopic (exact) mass is 888 g/mol. The predicted molar refractivity (Wildman–Crippen MR) is 238 cm³/mol. The van der Waals surface area contributed by atoms with E-state index in [4.69, 9.17) is 28.9 Å². The minimum atomic E-state index is 0.00715. The van der Waals surface area contributed by atoms with Gasteiger partial charge in [-0.3, -0.25) is 9.36 Å². The number of nitrogens with one attached hydrogen (secondary N) is 1. The summed E-state index contributed by atoms with van der Waals surface area (Å²) in [5.74, 6) is 0. The number of rotatable bonds is 4. The second kappa shape index (κ2) is 17.3. The van der Waals surface area contributed by atoms with Crippen LogP contribution in [0.4, 0.5) is 5.69 Å². The van der Waals surface area contributed by atoms with Crippen molar-refractivity contribution >= 4 is 44.8 Å². The third-order valence-corrected chi connectivity index (χ3v) is 11.6. The van der Waals surface area contributed by atoms with E-state index in [0.717, 1.165) is 102 Å². The molecule has 2 aliphatic rings. The average molecular weight is 891 g/mol. The van der Waals surface area contributed by atoms with Crippen LogP contribution in [0.2, 0.25) is 10.0 Å². The Bertz CT molecular complexity index is 2690. The zero-order valence-electron chi connectivity index (χ0n) is 33.1. The van der Waals surface area contributed by atoms with Crippen LogP contribution in [0.15, 0.2) is 114 Å². The van der Waals surface area contributed by atoms with Gasteiger partial charge in [0, 0.05) is 88.1 Å². The van der Waals surface area contributed by atoms with Crippen LogP contribution in [0.1, 0.15) is 47.4 Å². The Morgan fingerprint density at radius 2 is 1.14 bits per heavy atom. The number of fused-ring (bicyclic) bond motifs is 6. The lowest BCUT2D eigenvalue weighted by Crippen LogP contribution is -2.12. The fraction of sp³-hybridized carbons (Fsp3) is 0.227. The number of nitrogens with two attached hydrogens (primary N) is 1. The molecule has 15 heteroatoms. The highest BCUT2D eigenvalue weighted by Gasteiger charge is 2.26. The fourth-order valence-corrected chi connectivity index (χ4v) is 8.10. The molecule has 4 aromatic carbocycles. The molecule has 8 aromatic rings. The van der Waals surface area contributed by atoms with Gasteiger partial charge in [-0.15, -0.1) is 10.2 Å². The first-order chi connectivity index (χ1) is 28.5. The molecular weight excluding hydrogens is 847 g/mol. The maximum absolute atomic E-state index is 6.40. The largest absolute Gasteiger partial charge is 0.378 e. The minimum absolute atomic E-state index is 0.00715. The van der Waals surface area contributed by atoms with Gasteiger partial charge in [-0.05, 0) is 110 Å². The van der Waals surface area contributed by atoms with Gasteiger partial charge in [0.15, 0.2) is 0 Å². The summed E-state index contributed by atoms with van der Waals surface area (Å²) in [5, 5.41) is 30.9. The molecule has 0 spiro atoms. The van der Waals surface area contributed by atoms with E-state index in [9.17, 15) is 0 Å². The molecule has 0 aliphatic carbocycles.